The van der Waals surface area contributed by atoms with Crippen LogP contribution >= 0.6 is 24.0 Å². The van der Waals surface area contributed by atoms with Gasteiger partial charge in [0.05, 0.1) is 19.8 Å². The number of nitrogens with one attached hydrogen (secondary N) is 2. The Hall–Kier alpha value is -1.10. The lowest BCUT2D eigenvalue weighted by Gasteiger charge is -2.39. The summed E-state index contributed by atoms with van der Waals surface area (Å²) in [5.41, 5.74) is 1.09. The van der Waals surface area contributed by atoms with E-state index in [1.54, 1.807) is 0 Å². The fourth-order valence-electron chi connectivity index (χ4n) is 3.05. The molecule has 166 valence electrons. The van der Waals surface area contributed by atoms with Gasteiger partial charge >= 0.3 is 0 Å². The van der Waals surface area contributed by atoms with E-state index in [0.29, 0.717) is 19.0 Å². The first-order valence-corrected chi connectivity index (χ1v) is 10.1. The number of aliphatic hydroxyl groups is 1. The van der Waals surface area contributed by atoms with Gasteiger partial charge in [0.1, 0.15) is 18.5 Å². The summed E-state index contributed by atoms with van der Waals surface area (Å²) in [5.74, 6) is 1.48. The molecule has 1 atom stereocenters. The predicted octanol–water partition coefficient (Wildman–Crippen LogP) is 2.02. The van der Waals surface area contributed by atoms with Crippen LogP contribution in [0.3, 0.4) is 0 Å². The number of hydrogen-bond acceptors (Lipinski definition) is 5. The molecule has 3 N–H and O–H groups in total. The average Bonchev–Trinajstić information content (AvgIpc) is 2.69. The molecule has 1 aliphatic rings. The highest BCUT2D eigenvalue weighted by molar-refractivity contribution is 14.0. The lowest BCUT2D eigenvalue weighted by Crippen LogP contribution is -2.52. The lowest BCUT2D eigenvalue weighted by molar-refractivity contribution is -0.00684. The van der Waals surface area contributed by atoms with Gasteiger partial charge in [0.2, 0.25) is 0 Å². The van der Waals surface area contributed by atoms with Crippen LogP contribution in [-0.2, 0) is 4.74 Å². The van der Waals surface area contributed by atoms with Crippen molar-refractivity contribution in [3.63, 3.8) is 0 Å². The first kappa shape index (κ1) is 25.9. The molecule has 2 rings (SSSR count). The summed E-state index contributed by atoms with van der Waals surface area (Å²) in [5, 5.41) is 16.7. The van der Waals surface area contributed by atoms with E-state index in [-0.39, 0.29) is 36.1 Å². The van der Waals surface area contributed by atoms with Gasteiger partial charge in [-0.2, -0.15) is 0 Å². The van der Waals surface area contributed by atoms with Crippen LogP contribution in [0.25, 0.3) is 0 Å². The van der Waals surface area contributed by atoms with Crippen LogP contribution in [0.15, 0.2) is 29.3 Å². The number of benzene rings is 1. The standard InChI is InChI=1S/C21H36N4O3.HI/c1-5-22-20(24-16-21(3,4)25-9-11-27-12-10-25)23-14-18(26)15-28-19-8-6-7-17(2)13-19;/h6-8,13,18,26H,5,9-12,14-16H2,1-4H3,(H2,22,23,24);1H. The van der Waals surface area contributed by atoms with E-state index in [1.165, 1.54) is 0 Å². The largest absolute Gasteiger partial charge is 0.491 e. The van der Waals surface area contributed by atoms with Crippen LogP contribution in [0.2, 0.25) is 0 Å². The highest BCUT2D eigenvalue weighted by Crippen LogP contribution is 2.16. The maximum absolute atomic E-state index is 10.2. The fourth-order valence-corrected chi connectivity index (χ4v) is 3.05. The zero-order chi connectivity index (χ0) is 20.4. The number of nitrogens with zero attached hydrogens (tertiary/aromatic N) is 2. The van der Waals surface area contributed by atoms with Crippen molar-refractivity contribution in [3.05, 3.63) is 29.8 Å². The Morgan fingerprint density at radius 3 is 2.69 bits per heavy atom. The van der Waals surface area contributed by atoms with Crippen molar-refractivity contribution in [2.75, 3.05) is 52.5 Å². The molecule has 0 aliphatic carbocycles. The van der Waals surface area contributed by atoms with Crippen LogP contribution < -0.4 is 15.4 Å². The van der Waals surface area contributed by atoms with Crippen LogP contribution in [0, 0.1) is 6.92 Å². The summed E-state index contributed by atoms with van der Waals surface area (Å²) < 4.78 is 11.1. The van der Waals surface area contributed by atoms with E-state index in [2.05, 4.69) is 29.4 Å². The smallest absolute Gasteiger partial charge is 0.191 e. The van der Waals surface area contributed by atoms with E-state index in [0.717, 1.165) is 44.2 Å². The molecule has 1 aliphatic heterocycles. The molecular weight excluding hydrogens is 483 g/mol. The van der Waals surface area contributed by atoms with Crippen molar-refractivity contribution in [1.82, 2.24) is 15.5 Å². The second-order valence-electron chi connectivity index (χ2n) is 7.77. The molecule has 0 spiro atoms. The summed E-state index contributed by atoms with van der Waals surface area (Å²) in [6, 6.07) is 7.82. The zero-order valence-electron chi connectivity index (χ0n) is 18.1. The minimum absolute atomic E-state index is 0. The number of aryl methyl sites for hydroxylation is 1. The van der Waals surface area contributed by atoms with Crippen molar-refractivity contribution in [2.24, 2.45) is 4.99 Å². The van der Waals surface area contributed by atoms with Crippen molar-refractivity contribution in [2.45, 2.75) is 39.3 Å². The normalized spacial score (nSPS) is 16.7. The van der Waals surface area contributed by atoms with Crippen molar-refractivity contribution >= 4 is 29.9 Å². The zero-order valence-corrected chi connectivity index (χ0v) is 20.4. The van der Waals surface area contributed by atoms with Crippen LogP contribution in [0.5, 0.6) is 5.75 Å². The summed E-state index contributed by atoms with van der Waals surface area (Å²) in [6.07, 6.45) is -0.628. The van der Waals surface area contributed by atoms with Gasteiger partial charge in [0, 0.05) is 31.7 Å². The van der Waals surface area contributed by atoms with Gasteiger partial charge in [0.25, 0.3) is 0 Å². The molecule has 0 amide bonds. The van der Waals surface area contributed by atoms with Gasteiger partial charge in [0.15, 0.2) is 5.96 Å². The van der Waals surface area contributed by atoms with Gasteiger partial charge in [-0.3, -0.25) is 9.89 Å². The molecule has 0 bridgehead atoms. The van der Waals surface area contributed by atoms with Crippen LogP contribution in [0.1, 0.15) is 26.3 Å². The fraction of sp³-hybridized carbons (Fsp3) is 0.667. The molecule has 0 saturated carbocycles. The van der Waals surface area contributed by atoms with Crippen LogP contribution in [0.4, 0.5) is 0 Å². The molecule has 1 fully saturated rings. The van der Waals surface area contributed by atoms with E-state index in [9.17, 15) is 5.11 Å². The SMILES string of the molecule is CCNC(=NCC(C)(C)N1CCOCC1)NCC(O)COc1cccc(C)c1.I. The highest BCUT2D eigenvalue weighted by Gasteiger charge is 2.28. The van der Waals surface area contributed by atoms with Gasteiger partial charge in [-0.25, -0.2) is 0 Å². The molecule has 1 aromatic rings. The Bertz CT molecular complexity index is 622. The minimum atomic E-state index is -0.628. The number of hydrogen-bond donors (Lipinski definition) is 3. The van der Waals surface area contributed by atoms with Crippen molar-refractivity contribution in [3.8, 4) is 5.75 Å². The summed E-state index contributed by atoms with van der Waals surface area (Å²) >= 11 is 0. The van der Waals surface area contributed by atoms with Gasteiger partial charge < -0.3 is 25.2 Å². The number of rotatable bonds is 9. The number of halogens is 1. The minimum Gasteiger partial charge on any atom is -0.491 e. The Balaban J connectivity index is 0.00000420. The first-order chi connectivity index (χ1) is 13.4. The first-order valence-electron chi connectivity index (χ1n) is 10.1. The van der Waals surface area contributed by atoms with Crippen molar-refractivity contribution in [1.29, 1.82) is 0 Å². The van der Waals surface area contributed by atoms with Gasteiger partial charge in [-0.05, 0) is 45.4 Å². The third-order valence-electron chi connectivity index (χ3n) is 4.77. The molecule has 7 nitrogen and oxygen atoms in total. The predicted molar refractivity (Wildman–Crippen MR) is 129 cm³/mol. The molecule has 0 radical (unpaired) electrons. The summed E-state index contributed by atoms with van der Waals surface area (Å²) in [7, 11) is 0. The Morgan fingerprint density at radius 2 is 2.03 bits per heavy atom. The number of ether oxygens (including phenoxy) is 2. The monoisotopic (exact) mass is 520 g/mol. The lowest BCUT2D eigenvalue weighted by atomic mass is 10.0. The topological polar surface area (TPSA) is 78.4 Å². The number of guanidine groups is 1. The van der Waals surface area contributed by atoms with Gasteiger partial charge in [-0.1, -0.05) is 12.1 Å². The maximum atomic E-state index is 10.2. The maximum Gasteiger partial charge on any atom is 0.191 e. The number of aliphatic hydroxyl groups excluding tert-OH is 1. The molecule has 1 aromatic carbocycles. The molecular formula is C21H37IN4O3. The Kier molecular flexibility index (Phi) is 11.9. The highest BCUT2D eigenvalue weighted by atomic mass is 127. The van der Waals surface area contributed by atoms with Gasteiger partial charge in [-0.15, -0.1) is 24.0 Å². The second kappa shape index (κ2) is 13.3. The summed E-state index contributed by atoms with van der Waals surface area (Å²) in [4.78, 5) is 7.13. The van der Waals surface area contributed by atoms with Crippen molar-refractivity contribution < 1.29 is 14.6 Å². The van der Waals surface area contributed by atoms with E-state index >= 15 is 0 Å². The Morgan fingerprint density at radius 1 is 1.31 bits per heavy atom. The molecule has 29 heavy (non-hydrogen) atoms. The second-order valence-corrected chi connectivity index (χ2v) is 7.77. The average molecular weight is 520 g/mol. The number of aliphatic imine (C=N–C) groups is 1. The van der Waals surface area contributed by atoms with E-state index in [1.807, 2.05) is 38.1 Å². The van der Waals surface area contributed by atoms with E-state index in [4.69, 9.17) is 14.5 Å². The number of morpholine rings is 1. The Labute approximate surface area is 192 Å². The quantitative estimate of drug-likeness (QED) is 0.263. The third-order valence-corrected chi connectivity index (χ3v) is 4.77. The summed E-state index contributed by atoms with van der Waals surface area (Å²) in [6.45, 7) is 13.9. The molecule has 8 heteroatoms. The van der Waals surface area contributed by atoms with Crippen LogP contribution in [-0.4, -0.2) is 80.2 Å². The molecule has 0 aromatic heterocycles. The van der Waals surface area contributed by atoms with E-state index < -0.39 is 6.10 Å². The molecule has 1 unspecified atom stereocenters. The molecule has 1 saturated heterocycles. The molecule has 1 heterocycles. The third kappa shape index (κ3) is 9.50.